The first-order valence-electron chi connectivity index (χ1n) is 7.48. The highest BCUT2D eigenvalue weighted by molar-refractivity contribution is 9.10. The molecule has 0 saturated heterocycles. The summed E-state index contributed by atoms with van der Waals surface area (Å²) in [7, 11) is 3.66. The molecular weight excluding hydrogens is 356 g/mol. The van der Waals surface area contributed by atoms with Crippen LogP contribution in [0.5, 0.6) is 5.75 Å². The van der Waals surface area contributed by atoms with Gasteiger partial charge in [-0.05, 0) is 25.2 Å². The first-order chi connectivity index (χ1) is 11.1. The van der Waals surface area contributed by atoms with E-state index in [-0.39, 0.29) is 5.91 Å². The third kappa shape index (κ3) is 5.08. The molecule has 1 N–H and O–H groups in total. The van der Waals surface area contributed by atoms with E-state index in [4.69, 9.17) is 4.74 Å². The van der Waals surface area contributed by atoms with Crippen LogP contribution >= 0.6 is 15.9 Å². The lowest BCUT2D eigenvalue weighted by atomic mass is 10.1. The number of carbonyl (C=O) groups excluding carboxylic acids is 1. The Morgan fingerprint density at radius 3 is 2.61 bits per heavy atom. The van der Waals surface area contributed by atoms with E-state index in [1.54, 1.807) is 11.9 Å². The summed E-state index contributed by atoms with van der Waals surface area (Å²) in [6.07, 6.45) is -0.660. The molecule has 2 aromatic carbocycles. The summed E-state index contributed by atoms with van der Waals surface area (Å²) in [6.45, 7) is 1.36. The second-order valence-corrected chi connectivity index (χ2v) is 6.14. The molecule has 0 spiro atoms. The minimum atomic E-state index is -0.660. The van der Waals surface area contributed by atoms with E-state index in [9.17, 15) is 4.79 Å². The van der Waals surface area contributed by atoms with Gasteiger partial charge in [0.15, 0.2) is 0 Å². The van der Waals surface area contributed by atoms with Crippen LogP contribution in [-0.4, -0.2) is 38.0 Å². The summed E-state index contributed by atoms with van der Waals surface area (Å²) in [4.78, 5) is 14.5. The lowest BCUT2D eigenvalue weighted by molar-refractivity contribution is -0.137. The van der Waals surface area contributed by atoms with Crippen LogP contribution in [0.3, 0.4) is 0 Å². The highest BCUT2D eigenvalue weighted by Crippen LogP contribution is 2.26. The van der Waals surface area contributed by atoms with E-state index in [0.717, 1.165) is 16.6 Å². The topological polar surface area (TPSA) is 41.6 Å². The maximum atomic E-state index is 12.8. The van der Waals surface area contributed by atoms with Crippen LogP contribution in [0.1, 0.15) is 11.7 Å². The van der Waals surface area contributed by atoms with Crippen LogP contribution in [0, 0.1) is 0 Å². The van der Waals surface area contributed by atoms with Gasteiger partial charge in [-0.3, -0.25) is 4.79 Å². The highest BCUT2D eigenvalue weighted by Gasteiger charge is 2.25. The fourth-order valence-electron chi connectivity index (χ4n) is 2.16. The SMILES string of the molecule is CNCCN(C)C(=O)C(Oc1cccc(Br)c1)c1ccccc1. The van der Waals surface area contributed by atoms with Gasteiger partial charge in [-0.25, -0.2) is 0 Å². The van der Waals surface area contributed by atoms with E-state index in [0.29, 0.717) is 12.3 Å². The molecule has 0 fully saturated rings. The molecule has 0 heterocycles. The van der Waals surface area contributed by atoms with E-state index in [1.807, 2.05) is 61.6 Å². The van der Waals surface area contributed by atoms with Gasteiger partial charge in [0.1, 0.15) is 5.75 Å². The van der Waals surface area contributed by atoms with E-state index < -0.39 is 6.10 Å². The summed E-state index contributed by atoms with van der Waals surface area (Å²) in [5, 5.41) is 3.05. The first kappa shape index (κ1) is 17.5. The molecule has 1 unspecified atom stereocenters. The number of benzene rings is 2. The van der Waals surface area contributed by atoms with Crippen LogP contribution in [0.15, 0.2) is 59.1 Å². The van der Waals surface area contributed by atoms with Gasteiger partial charge in [0.05, 0.1) is 0 Å². The van der Waals surface area contributed by atoms with Crippen molar-refractivity contribution in [3.8, 4) is 5.75 Å². The monoisotopic (exact) mass is 376 g/mol. The number of halogens is 1. The third-order valence-electron chi connectivity index (χ3n) is 3.45. The molecule has 0 aliphatic carbocycles. The highest BCUT2D eigenvalue weighted by atomic mass is 79.9. The summed E-state index contributed by atoms with van der Waals surface area (Å²) < 4.78 is 6.92. The van der Waals surface area contributed by atoms with Gasteiger partial charge in [0, 0.05) is 30.2 Å². The van der Waals surface area contributed by atoms with Crippen molar-refractivity contribution in [2.24, 2.45) is 0 Å². The molecule has 0 aliphatic rings. The Morgan fingerprint density at radius 2 is 1.96 bits per heavy atom. The number of nitrogens with one attached hydrogen (secondary N) is 1. The summed E-state index contributed by atoms with van der Waals surface area (Å²) in [6, 6.07) is 17.1. The molecule has 0 radical (unpaired) electrons. The van der Waals surface area contributed by atoms with Crippen LogP contribution < -0.4 is 10.1 Å². The van der Waals surface area contributed by atoms with Crippen molar-refractivity contribution in [3.63, 3.8) is 0 Å². The van der Waals surface area contributed by atoms with Crippen molar-refractivity contribution >= 4 is 21.8 Å². The molecule has 1 atom stereocenters. The van der Waals surface area contributed by atoms with Crippen LogP contribution in [0.2, 0.25) is 0 Å². The largest absolute Gasteiger partial charge is 0.476 e. The summed E-state index contributed by atoms with van der Waals surface area (Å²) in [5.74, 6) is 0.593. The molecule has 23 heavy (non-hydrogen) atoms. The fourth-order valence-corrected chi connectivity index (χ4v) is 2.53. The average Bonchev–Trinajstić information content (AvgIpc) is 2.58. The number of nitrogens with zero attached hydrogens (tertiary/aromatic N) is 1. The standard InChI is InChI=1S/C18H21BrN2O2/c1-20-11-12-21(2)18(22)17(14-7-4-3-5-8-14)23-16-10-6-9-15(19)13-16/h3-10,13,17,20H,11-12H2,1-2H3. The minimum absolute atomic E-state index is 0.0635. The predicted octanol–water partition coefficient (Wildman–Crippen LogP) is 3.25. The molecule has 0 aliphatic heterocycles. The Kier molecular flexibility index (Phi) is 6.62. The zero-order chi connectivity index (χ0) is 16.7. The number of ether oxygens (including phenoxy) is 1. The Bertz CT molecular complexity index is 634. The molecule has 2 rings (SSSR count). The average molecular weight is 377 g/mol. The van der Waals surface area contributed by atoms with Gasteiger partial charge in [-0.1, -0.05) is 52.3 Å². The molecule has 4 nitrogen and oxygen atoms in total. The molecule has 0 bridgehead atoms. The Morgan fingerprint density at radius 1 is 1.22 bits per heavy atom. The number of likely N-dealkylation sites (N-methyl/N-ethyl adjacent to an activating group) is 2. The number of amides is 1. The summed E-state index contributed by atoms with van der Waals surface area (Å²) in [5.41, 5.74) is 0.841. The Hall–Kier alpha value is -1.85. The van der Waals surface area contributed by atoms with Gasteiger partial charge in [-0.2, -0.15) is 0 Å². The second-order valence-electron chi connectivity index (χ2n) is 5.23. The smallest absolute Gasteiger partial charge is 0.268 e. The molecule has 0 aromatic heterocycles. The quantitative estimate of drug-likeness (QED) is 0.806. The van der Waals surface area contributed by atoms with E-state index in [2.05, 4.69) is 21.2 Å². The zero-order valence-electron chi connectivity index (χ0n) is 13.3. The lowest BCUT2D eigenvalue weighted by Gasteiger charge is -2.25. The molecule has 0 saturated carbocycles. The van der Waals surface area contributed by atoms with Gasteiger partial charge < -0.3 is 15.0 Å². The second kappa shape index (κ2) is 8.70. The van der Waals surface area contributed by atoms with Gasteiger partial charge in [0.2, 0.25) is 6.10 Å². The van der Waals surface area contributed by atoms with Gasteiger partial charge >= 0.3 is 0 Å². The Labute approximate surface area is 145 Å². The fraction of sp³-hybridized carbons (Fsp3) is 0.278. The van der Waals surface area contributed by atoms with Crippen molar-refractivity contribution in [3.05, 3.63) is 64.6 Å². The van der Waals surface area contributed by atoms with Crippen molar-refractivity contribution in [2.75, 3.05) is 27.2 Å². The molecule has 2 aromatic rings. The maximum absolute atomic E-state index is 12.8. The van der Waals surface area contributed by atoms with Crippen molar-refractivity contribution < 1.29 is 9.53 Å². The van der Waals surface area contributed by atoms with Crippen LogP contribution in [-0.2, 0) is 4.79 Å². The van der Waals surface area contributed by atoms with Crippen molar-refractivity contribution in [2.45, 2.75) is 6.10 Å². The predicted molar refractivity (Wildman–Crippen MR) is 95.5 cm³/mol. The molecule has 5 heteroatoms. The number of rotatable bonds is 7. The normalized spacial score (nSPS) is 11.8. The third-order valence-corrected chi connectivity index (χ3v) is 3.94. The van der Waals surface area contributed by atoms with Crippen LogP contribution in [0.4, 0.5) is 0 Å². The van der Waals surface area contributed by atoms with Gasteiger partial charge in [-0.15, -0.1) is 0 Å². The van der Waals surface area contributed by atoms with E-state index in [1.165, 1.54) is 0 Å². The number of hydrogen-bond acceptors (Lipinski definition) is 3. The molecular formula is C18H21BrN2O2. The molecule has 1 amide bonds. The number of hydrogen-bond donors (Lipinski definition) is 1. The summed E-state index contributed by atoms with van der Waals surface area (Å²) >= 11 is 3.42. The van der Waals surface area contributed by atoms with Crippen molar-refractivity contribution in [1.82, 2.24) is 10.2 Å². The van der Waals surface area contributed by atoms with Crippen molar-refractivity contribution in [1.29, 1.82) is 0 Å². The lowest BCUT2D eigenvalue weighted by Crippen LogP contribution is -2.38. The van der Waals surface area contributed by atoms with E-state index >= 15 is 0 Å². The van der Waals surface area contributed by atoms with Crippen LogP contribution in [0.25, 0.3) is 0 Å². The zero-order valence-corrected chi connectivity index (χ0v) is 14.9. The number of carbonyl (C=O) groups is 1. The first-order valence-corrected chi connectivity index (χ1v) is 8.28. The Balaban J connectivity index is 2.23. The molecule has 122 valence electrons. The minimum Gasteiger partial charge on any atom is -0.476 e. The van der Waals surface area contributed by atoms with Gasteiger partial charge in [0.25, 0.3) is 5.91 Å². The maximum Gasteiger partial charge on any atom is 0.268 e.